The zero-order chi connectivity index (χ0) is 17.7. The highest BCUT2D eigenvalue weighted by atomic mass is 19.2. The van der Waals surface area contributed by atoms with Crippen LogP contribution in [0.2, 0.25) is 0 Å². The first kappa shape index (κ1) is 17.6. The van der Waals surface area contributed by atoms with Crippen LogP contribution >= 0.6 is 0 Å². The van der Waals surface area contributed by atoms with Crippen LogP contribution in [0.5, 0.6) is 0 Å². The fourth-order valence-electron chi connectivity index (χ4n) is 2.24. The van der Waals surface area contributed by atoms with Crippen LogP contribution in [0, 0.1) is 18.6 Å². The fourth-order valence-corrected chi connectivity index (χ4v) is 2.24. The van der Waals surface area contributed by atoms with Gasteiger partial charge in [0.15, 0.2) is 11.6 Å². The Hall–Kier alpha value is -2.76. The van der Waals surface area contributed by atoms with E-state index in [1.54, 1.807) is 12.1 Å². The normalized spacial score (nSPS) is 11.8. The molecule has 0 aliphatic rings. The molecule has 0 aromatic heterocycles. The molecule has 0 aliphatic heterocycles. The van der Waals surface area contributed by atoms with Crippen LogP contribution in [0.3, 0.4) is 0 Å². The number of benzene rings is 2. The molecule has 0 bridgehead atoms. The van der Waals surface area contributed by atoms with E-state index in [-0.39, 0.29) is 18.4 Å². The second kappa shape index (κ2) is 7.68. The molecule has 0 heterocycles. The summed E-state index contributed by atoms with van der Waals surface area (Å²) in [5.74, 6) is -3.77. The molecule has 0 unspecified atom stereocenters. The zero-order valence-electron chi connectivity index (χ0n) is 13.1. The van der Waals surface area contributed by atoms with E-state index in [0.717, 1.165) is 23.3 Å². The van der Waals surface area contributed by atoms with Gasteiger partial charge in [0.25, 0.3) is 0 Å². The van der Waals surface area contributed by atoms with Gasteiger partial charge in [-0.25, -0.2) is 13.6 Å². The molecule has 4 nitrogen and oxygen atoms in total. The molecule has 2 rings (SSSR count). The average Bonchev–Trinajstić information content (AvgIpc) is 2.52. The van der Waals surface area contributed by atoms with Gasteiger partial charge in [-0.1, -0.05) is 35.9 Å². The Morgan fingerprint density at radius 2 is 1.67 bits per heavy atom. The number of carboxylic acids is 1. The first-order valence-electron chi connectivity index (χ1n) is 7.37. The fraction of sp³-hybridized carbons (Fsp3) is 0.222. The van der Waals surface area contributed by atoms with E-state index < -0.39 is 29.6 Å². The van der Waals surface area contributed by atoms with Crippen molar-refractivity contribution in [1.29, 1.82) is 0 Å². The molecule has 2 N–H and O–H groups in total. The molecule has 0 radical (unpaired) electrons. The molecule has 6 heteroatoms. The molecule has 0 saturated carbocycles. The number of amides is 1. The first-order valence-corrected chi connectivity index (χ1v) is 7.37. The predicted octanol–water partition coefficient (Wildman–Crippen LogP) is 2.63. The molecular formula is C18H17F2NO3. The summed E-state index contributed by atoms with van der Waals surface area (Å²) in [5.41, 5.74) is 2.10. The molecule has 2 aromatic rings. The number of hydrogen-bond donors (Lipinski definition) is 2. The Labute approximate surface area is 138 Å². The number of carbonyl (C=O) groups excluding carboxylic acids is 1. The third kappa shape index (κ3) is 4.87. The highest BCUT2D eigenvalue weighted by Crippen LogP contribution is 2.10. The van der Waals surface area contributed by atoms with Crippen LogP contribution in [-0.2, 0) is 22.4 Å². The van der Waals surface area contributed by atoms with Crippen LogP contribution in [0.25, 0.3) is 0 Å². The number of halogens is 2. The topological polar surface area (TPSA) is 66.4 Å². The molecule has 1 atom stereocenters. The van der Waals surface area contributed by atoms with E-state index in [1.807, 2.05) is 19.1 Å². The Bertz CT molecular complexity index is 744. The second-order valence-corrected chi connectivity index (χ2v) is 5.57. The monoisotopic (exact) mass is 333 g/mol. The molecular weight excluding hydrogens is 316 g/mol. The van der Waals surface area contributed by atoms with Gasteiger partial charge in [0.2, 0.25) is 5.91 Å². The third-order valence-electron chi connectivity index (χ3n) is 3.54. The maximum absolute atomic E-state index is 13.1. The maximum Gasteiger partial charge on any atom is 0.326 e. The summed E-state index contributed by atoms with van der Waals surface area (Å²) in [7, 11) is 0. The minimum atomic E-state index is -1.16. The minimum Gasteiger partial charge on any atom is -0.480 e. The molecule has 2 aromatic carbocycles. The van der Waals surface area contributed by atoms with Crippen molar-refractivity contribution in [3.05, 3.63) is 70.8 Å². The lowest BCUT2D eigenvalue weighted by molar-refractivity contribution is -0.141. The van der Waals surface area contributed by atoms with Crippen LogP contribution in [0.4, 0.5) is 8.78 Å². The van der Waals surface area contributed by atoms with E-state index in [9.17, 15) is 23.5 Å². The zero-order valence-corrected chi connectivity index (χ0v) is 13.1. The van der Waals surface area contributed by atoms with E-state index >= 15 is 0 Å². The summed E-state index contributed by atoms with van der Waals surface area (Å²) < 4.78 is 26.0. The van der Waals surface area contributed by atoms with Gasteiger partial charge in [0.1, 0.15) is 6.04 Å². The summed E-state index contributed by atoms with van der Waals surface area (Å²) in [6.45, 7) is 1.92. The first-order chi connectivity index (χ1) is 11.3. The number of rotatable bonds is 6. The van der Waals surface area contributed by atoms with Gasteiger partial charge >= 0.3 is 5.97 Å². The lowest BCUT2D eigenvalue weighted by Gasteiger charge is -2.15. The lowest BCUT2D eigenvalue weighted by Crippen LogP contribution is -2.43. The molecule has 1 amide bonds. The number of carbonyl (C=O) groups is 2. The second-order valence-electron chi connectivity index (χ2n) is 5.57. The van der Waals surface area contributed by atoms with Gasteiger partial charge in [0, 0.05) is 6.42 Å². The summed E-state index contributed by atoms with van der Waals surface area (Å²) in [5, 5.41) is 11.7. The highest BCUT2D eigenvalue weighted by Gasteiger charge is 2.20. The number of aliphatic carboxylic acids is 1. The molecule has 0 saturated heterocycles. The van der Waals surface area contributed by atoms with Gasteiger partial charge in [0.05, 0.1) is 6.42 Å². The van der Waals surface area contributed by atoms with Crippen molar-refractivity contribution in [3.8, 4) is 0 Å². The number of aryl methyl sites for hydroxylation is 1. The number of hydrogen-bond acceptors (Lipinski definition) is 2. The molecule has 0 aliphatic carbocycles. The highest BCUT2D eigenvalue weighted by molar-refractivity contribution is 5.85. The number of nitrogens with one attached hydrogen (secondary N) is 1. The Kier molecular flexibility index (Phi) is 5.63. The SMILES string of the molecule is Cc1ccc(C[C@@H](NC(=O)Cc2ccc(F)c(F)c2)C(=O)O)cc1. The van der Waals surface area contributed by atoms with Crippen LogP contribution in [-0.4, -0.2) is 23.0 Å². The Morgan fingerprint density at radius 3 is 2.25 bits per heavy atom. The van der Waals surface area contributed by atoms with Crippen molar-refractivity contribution >= 4 is 11.9 Å². The quantitative estimate of drug-likeness (QED) is 0.854. The van der Waals surface area contributed by atoms with Crippen molar-refractivity contribution in [1.82, 2.24) is 5.32 Å². The van der Waals surface area contributed by atoms with Gasteiger partial charge in [-0.2, -0.15) is 0 Å². The summed E-state index contributed by atoms with van der Waals surface area (Å²) >= 11 is 0. The smallest absolute Gasteiger partial charge is 0.326 e. The van der Waals surface area contributed by atoms with Crippen molar-refractivity contribution in [2.45, 2.75) is 25.8 Å². The van der Waals surface area contributed by atoms with Crippen molar-refractivity contribution in [2.75, 3.05) is 0 Å². The van der Waals surface area contributed by atoms with Gasteiger partial charge in [-0.3, -0.25) is 4.79 Å². The number of carboxylic acid groups (broad SMARTS) is 1. The van der Waals surface area contributed by atoms with Crippen LogP contribution < -0.4 is 5.32 Å². The Morgan fingerprint density at radius 1 is 1.04 bits per heavy atom. The van der Waals surface area contributed by atoms with Crippen LogP contribution in [0.15, 0.2) is 42.5 Å². The summed E-state index contributed by atoms with van der Waals surface area (Å²) in [6.07, 6.45) is -0.0893. The van der Waals surface area contributed by atoms with Gasteiger partial charge < -0.3 is 10.4 Å². The standard InChI is InChI=1S/C18H17F2NO3/c1-11-2-4-12(5-3-11)9-16(18(23)24)21-17(22)10-13-6-7-14(19)15(20)8-13/h2-8,16H,9-10H2,1H3,(H,21,22)(H,23,24)/t16-/m1/s1. The summed E-state index contributed by atoms with van der Waals surface area (Å²) in [4.78, 5) is 23.3. The van der Waals surface area contributed by atoms with Gasteiger partial charge in [-0.05, 0) is 30.2 Å². The summed E-state index contributed by atoms with van der Waals surface area (Å²) in [6, 6.07) is 9.36. The largest absolute Gasteiger partial charge is 0.480 e. The van der Waals surface area contributed by atoms with Crippen molar-refractivity contribution in [2.24, 2.45) is 0 Å². The molecule has 126 valence electrons. The van der Waals surface area contributed by atoms with E-state index in [1.165, 1.54) is 6.07 Å². The third-order valence-corrected chi connectivity index (χ3v) is 3.54. The Balaban J connectivity index is 2.01. The maximum atomic E-state index is 13.1. The van der Waals surface area contributed by atoms with Crippen molar-refractivity contribution in [3.63, 3.8) is 0 Å². The van der Waals surface area contributed by atoms with Crippen molar-refractivity contribution < 1.29 is 23.5 Å². The van der Waals surface area contributed by atoms with Gasteiger partial charge in [-0.15, -0.1) is 0 Å². The van der Waals surface area contributed by atoms with Crippen LogP contribution in [0.1, 0.15) is 16.7 Å². The lowest BCUT2D eigenvalue weighted by atomic mass is 10.0. The molecule has 24 heavy (non-hydrogen) atoms. The predicted molar refractivity (Wildman–Crippen MR) is 84.5 cm³/mol. The molecule has 0 fully saturated rings. The average molecular weight is 333 g/mol. The van der Waals surface area contributed by atoms with E-state index in [2.05, 4.69) is 5.32 Å². The minimum absolute atomic E-state index is 0.138. The van der Waals surface area contributed by atoms with E-state index in [4.69, 9.17) is 0 Å². The molecule has 0 spiro atoms. The van der Waals surface area contributed by atoms with E-state index in [0.29, 0.717) is 0 Å².